The fourth-order valence-electron chi connectivity index (χ4n) is 6.00. The number of cyclic esters (lactones) is 1. The molecule has 0 saturated carbocycles. The molecule has 0 bridgehead atoms. The van der Waals surface area contributed by atoms with Crippen molar-refractivity contribution in [2.45, 2.75) is 71.8 Å². The number of nitrogens with one attached hydrogen (secondary N) is 1. The maximum absolute atomic E-state index is 14.2. The molecule has 0 fully saturated rings. The third kappa shape index (κ3) is 7.30. The molecule has 12 nitrogen and oxygen atoms in total. The third-order valence-electron chi connectivity index (χ3n) is 8.74. The van der Waals surface area contributed by atoms with Crippen LogP contribution >= 0.6 is 25.6 Å². The van der Waals surface area contributed by atoms with Crippen LogP contribution in [0.25, 0.3) is 22.3 Å². The van der Waals surface area contributed by atoms with Gasteiger partial charge in [-0.3, -0.25) is 4.79 Å². The molecule has 14 heteroatoms. The number of ether oxygens (including phenoxy) is 4. The van der Waals surface area contributed by atoms with Gasteiger partial charge in [0, 0.05) is 0 Å². The van der Waals surface area contributed by atoms with Gasteiger partial charge in [-0.15, -0.1) is 0 Å². The number of amides is 1. The van der Waals surface area contributed by atoms with Gasteiger partial charge in [0.05, 0.1) is 0 Å². The van der Waals surface area contributed by atoms with Gasteiger partial charge in [-0.25, -0.2) is 4.79 Å². The van der Waals surface area contributed by atoms with Crippen LogP contribution in [0.2, 0.25) is 0 Å². The number of hydrogen-bond donors (Lipinski definition) is 1. The first kappa shape index (κ1) is 36.6. The number of aryl methyl sites for hydroxylation is 1. The first-order valence-corrected chi connectivity index (χ1v) is 25.3. The summed E-state index contributed by atoms with van der Waals surface area (Å²) in [5.74, 6) is -0.695. The molecule has 1 amide bonds. The number of hydrogen-bond acceptors (Lipinski definition) is 10. The fourth-order valence-corrected chi connectivity index (χ4v) is 10.3. The van der Waals surface area contributed by atoms with Gasteiger partial charge in [-0.1, -0.05) is 0 Å². The molecule has 0 saturated heterocycles. The SMILES string of the molecule is CC[C@@]1(OC(=O)CNC(=O)OC(C)(C)C)C(=O)OCc2c1cc1n(c2=O)Cc2c-1nc1ccc(OC(C)=O)cc1c2CCS(C)(C)I(C)C. The minimum atomic E-state index is -1.91. The Kier molecular flexibility index (Phi) is 10.1. The van der Waals surface area contributed by atoms with Crippen LogP contribution < -0.4 is 15.6 Å². The normalized spacial score (nSPS) is 17.3. The van der Waals surface area contributed by atoms with Gasteiger partial charge < -0.3 is 10.1 Å². The molecule has 0 spiro atoms. The number of esters is 3. The number of halogens is 1. The minimum absolute atomic E-state index is 0.0144. The number of alkyl halides is 2. The van der Waals surface area contributed by atoms with E-state index in [1.165, 1.54) is 6.92 Å². The zero-order valence-corrected chi connectivity index (χ0v) is 32.4. The molecular weight excluding hydrogens is 765 g/mol. The van der Waals surface area contributed by atoms with Gasteiger partial charge in [0.25, 0.3) is 0 Å². The standard InChI is InChI=1S/C35H44IN3O9S/c1-10-35(47-29(41)17-37-33(44)48-34(3,4)5)26-16-28-30-24(18-39(28)31(42)25(26)19-45-32(35)43)22(13-14-49(8,9)36(6)7)23-15-21(46-20(2)40)11-12-27(23)38-30/h11-12,15-16H,10,13-14,17-19H2,1-9H3,(H,37,44)/t35-/m0/s1. The van der Waals surface area contributed by atoms with Crippen LogP contribution in [-0.4, -0.2) is 73.8 Å². The second-order valence-corrected chi connectivity index (χ2v) is 32.1. The number of nitrogens with zero attached hydrogens (tertiary/aromatic N) is 2. The Bertz CT molecular complexity index is 1930. The second-order valence-electron chi connectivity index (χ2n) is 13.6. The number of carbonyl (C=O) groups is 4. The maximum atomic E-state index is 14.2. The monoisotopic (exact) mass is 809 g/mol. The summed E-state index contributed by atoms with van der Waals surface area (Å²) in [5, 5.41) is 3.21. The summed E-state index contributed by atoms with van der Waals surface area (Å²) in [6.07, 6.45) is 4.69. The molecule has 2 aliphatic heterocycles. The van der Waals surface area contributed by atoms with Crippen LogP contribution in [0.3, 0.4) is 0 Å². The fraction of sp³-hybridized carbons (Fsp3) is 0.486. The summed E-state index contributed by atoms with van der Waals surface area (Å²) in [5.41, 5.74) is 1.14. The summed E-state index contributed by atoms with van der Waals surface area (Å²) in [6.45, 7) is 7.52. The molecule has 266 valence electrons. The zero-order chi connectivity index (χ0) is 36.1. The van der Waals surface area contributed by atoms with E-state index in [0.29, 0.717) is 22.7 Å². The molecule has 0 radical (unpaired) electrons. The van der Waals surface area contributed by atoms with Crippen molar-refractivity contribution in [3.63, 3.8) is 0 Å². The molecule has 0 unspecified atom stereocenters. The van der Waals surface area contributed by atoms with Crippen molar-refractivity contribution < 1.29 is 38.1 Å². The molecule has 1 aromatic carbocycles. The van der Waals surface area contributed by atoms with E-state index in [2.05, 4.69) is 27.7 Å². The van der Waals surface area contributed by atoms with E-state index in [4.69, 9.17) is 23.9 Å². The van der Waals surface area contributed by atoms with Crippen molar-refractivity contribution in [1.82, 2.24) is 14.9 Å². The van der Waals surface area contributed by atoms with E-state index < -0.39 is 67.4 Å². The Hall–Kier alpha value is -3.66. The molecule has 49 heavy (non-hydrogen) atoms. The number of rotatable bonds is 9. The van der Waals surface area contributed by atoms with Gasteiger partial charge in [0.1, 0.15) is 12.1 Å². The summed E-state index contributed by atoms with van der Waals surface area (Å²) >= 11 is -1.13. The number of benzene rings is 1. The number of alkyl carbamates (subject to hydrolysis) is 1. The van der Waals surface area contributed by atoms with Crippen LogP contribution in [0.4, 0.5) is 4.79 Å². The summed E-state index contributed by atoms with van der Waals surface area (Å²) in [7, 11) is -0.810. The Labute approximate surface area is 292 Å². The number of carbonyl (C=O) groups excluding carboxylic acids is 4. The molecule has 4 heterocycles. The summed E-state index contributed by atoms with van der Waals surface area (Å²) < 4.78 is 23.5. The van der Waals surface area contributed by atoms with Gasteiger partial charge >= 0.3 is 241 Å². The number of pyridine rings is 2. The van der Waals surface area contributed by atoms with Crippen LogP contribution in [0.5, 0.6) is 5.75 Å². The third-order valence-corrected chi connectivity index (χ3v) is 27.2. The average molecular weight is 810 g/mol. The molecule has 3 aromatic rings. The summed E-state index contributed by atoms with van der Waals surface area (Å²) in [6, 6.07) is 7.06. The first-order valence-electron chi connectivity index (χ1n) is 15.9. The van der Waals surface area contributed by atoms with Crippen molar-refractivity contribution in [2.75, 3.05) is 34.7 Å². The quantitative estimate of drug-likeness (QED) is 0.0769. The zero-order valence-electron chi connectivity index (χ0n) is 29.4. The predicted octanol–water partition coefficient (Wildman–Crippen LogP) is 5.37. The van der Waals surface area contributed by atoms with Gasteiger partial charge in [0.2, 0.25) is 0 Å². The summed E-state index contributed by atoms with van der Waals surface area (Å²) in [4.78, 5) is 74.5. The van der Waals surface area contributed by atoms with Crippen molar-refractivity contribution >= 4 is 60.5 Å². The van der Waals surface area contributed by atoms with E-state index in [9.17, 15) is 24.0 Å². The van der Waals surface area contributed by atoms with Crippen LogP contribution in [-0.2, 0) is 53.8 Å². The molecule has 5 rings (SSSR count). The van der Waals surface area contributed by atoms with Crippen molar-refractivity contribution in [1.29, 1.82) is 0 Å². The Morgan fingerprint density at radius 1 is 1.12 bits per heavy atom. The Morgan fingerprint density at radius 2 is 1.84 bits per heavy atom. The first-order chi connectivity index (χ1) is 22.9. The van der Waals surface area contributed by atoms with E-state index in [0.717, 1.165) is 28.7 Å². The van der Waals surface area contributed by atoms with Crippen molar-refractivity contribution in [3.8, 4) is 17.1 Å². The number of aromatic nitrogens is 2. The predicted molar refractivity (Wildman–Crippen MR) is 198 cm³/mol. The van der Waals surface area contributed by atoms with Crippen LogP contribution in [0.1, 0.15) is 63.3 Å². The van der Waals surface area contributed by atoms with Gasteiger partial charge in [-0.05, 0) is 20.8 Å². The van der Waals surface area contributed by atoms with E-state index in [-0.39, 0.29) is 36.3 Å². The number of fused-ring (bicyclic) bond motifs is 5. The van der Waals surface area contributed by atoms with E-state index in [1.807, 2.05) is 6.07 Å². The van der Waals surface area contributed by atoms with Crippen LogP contribution in [0, 0.1) is 0 Å². The Balaban J connectivity index is 1.61. The molecule has 1 N–H and O–H groups in total. The second kappa shape index (κ2) is 13.6. The van der Waals surface area contributed by atoms with Crippen molar-refractivity contribution in [3.05, 3.63) is 56.9 Å². The molecule has 1 atom stereocenters. The molecule has 2 aliphatic rings. The van der Waals surface area contributed by atoms with E-state index >= 15 is 0 Å². The molecule has 2 aromatic heterocycles. The van der Waals surface area contributed by atoms with Crippen LogP contribution in [0.15, 0.2) is 29.1 Å². The average Bonchev–Trinajstić information content (AvgIpc) is 3.37. The molecular formula is C35H44IN3O9S. The van der Waals surface area contributed by atoms with E-state index in [1.54, 1.807) is 50.5 Å². The Morgan fingerprint density at radius 3 is 2.47 bits per heavy atom. The van der Waals surface area contributed by atoms with Crippen molar-refractivity contribution in [2.24, 2.45) is 0 Å². The van der Waals surface area contributed by atoms with Gasteiger partial charge in [0.15, 0.2) is 0 Å². The topological polar surface area (TPSA) is 152 Å². The molecule has 0 aliphatic carbocycles. The van der Waals surface area contributed by atoms with Gasteiger partial charge in [-0.2, -0.15) is 0 Å².